The predicted octanol–water partition coefficient (Wildman–Crippen LogP) is 1.10. The highest BCUT2D eigenvalue weighted by Gasteiger charge is 2.27. The first kappa shape index (κ1) is 16.4. The highest BCUT2D eigenvalue weighted by atomic mass is 32.2. The van der Waals surface area contributed by atoms with E-state index >= 15 is 0 Å². The maximum absolute atomic E-state index is 11.7. The number of nitrogens with one attached hydrogen (secondary N) is 1. The zero-order valence-corrected chi connectivity index (χ0v) is 11.2. The second-order valence-corrected chi connectivity index (χ2v) is 6.24. The van der Waals surface area contributed by atoms with Gasteiger partial charge < -0.3 is 9.84 Å². The van der Waals surface area contributed by atoms with Crippen LogP contribution in [0.15, 0.2) is 16.3 Å². The molecule has 0 atom stereocenters. The molecule has 0 saturated heterocycles. The van der Waals surface area contributed by atoms with E-state index in [9.17, 15) is 21.6 Å². The van der Waals surface area contributed by atoms with Crippen molar-refractivity contribution < 1.29 is 31.4 Å². The van der Waals surface area contributed by atoms with Gasteiger partial charge in [-0.05, 0) is 6.07 Å². The van der Waals surface area contributed by atoms with Crippen LogP contribution in [0.1, 0.15) is 4.88 Å². The quantitative estimate of drug-likeness (QED) is 0.738. The zero-order chi connectivity index (χ0) is 14.5. The van der Waals surface area contributed by atoms with Gasteiger partial charge in [-0.25, -0.2) is 13.1 Å². The minimum absolute atomic E-state index is 0.0302. The van der Waals surface area contributed by atoms with Gasteiger partial charge in [0, 0.05) is 16.8 Å². The van der Waals surface area contributed by atoms with Crippen LogP contribution in [0.2, 0.25) is 0 Å². The van der Waals surface area contributed by atoms with Gasteiger partial charge in [-0.3, -0.25) is 0 Å². The lowest BCUT2D eigenvalue weighted by molar-refractivity contribution is -0.173. The Bertz CT molecular complexity index is 498. The number of hydrogen-bond donors (Lipinski definition) is 2. The number of halogens is 3. The summed E-state index contributed by atoms with van der Waals surface area (Å²) < 4.78 is 64.9. The van der Waals surface area contributed by atoms with Crippen LogP contribution < -0.4 is 4.72 Å². The Balaban J connectivity index is 2.39. The summed E-state index contributed by atoms with van der Waals surface area (Å²) >= 11 is 1.07. The van der Waals surface area contributed by atoms with Crippen LogP contribution in [0.4, 0.5) is 13.2 Å². The van der Waals surface area contributed by atoms with Crippen LogP contribution in [0.3, 0.4) is 0 Å². The molecule has 0 aliphatic carbocycles. The molecule has 0 fully saturated rings. The number of thiophene rings is 1. The van der Waals surface area contributed by atoms with Gasteiger partial charge >= 0.3 is 6.18 Å². The topological polar surface area (TPSA) is 75.6 Å². The molecule has 0 spiro atoms. The molecule has 0 unspecified atom stereocenters. The molecule has 0 radical (unpaired) electrons. The maximum atomic E-state index is 11.7. The Kier molecular flexibility index (Phi) is 5.74. The van der Waals surface area contributed by atoms with Gasteiger partial charge in [0.25, 0.3) is 0 Å². The first-order chi connectivity index (χ1) is 8.74. The molecule has 19 heavy (non-hydrogen) atoms. The highest BCUT2D eigenvalue weighted by molar-refractivity contribution is 7.89. The normalized spacial score (nSPS) is 12.8. The lowest BCUT2D eigenvalue weighted by Crippen LogP contribution is -2.28. The second kappa shape index (κ2) is 6.66. The van der Waals surface area contributed by atoms with Gasteiger partial charge in [0.05, 0.1) is 18.1 Å². The molecule has 0 aliphatic heterocycles. The molecule has 0 saturated carbocycles. The fourth-order valence-electron chi connectivity index (χ4n) is 1.10. The van der Waals surface area contributed by atoms with E-state index in [0.29, 0.717) is 4.88 Å². The zero-order valence-electron chi connectivity index (χ0n) is 9.61. The third-order valence-electron chi connectivity index (χ3n) is 1.90. The van der Waals surface area contributed by atoms with Crippen molar-refractivity contribution >= 4 is 21.4 Å². The summed E-state index contributed by atoms with van der Waals surface area (Å²) in [5.74, 6) is 0. The molecule has 0 bridgehead atoms. The number of ether oxygens (including phenoxy) is 1. The number of aliphatic hydroxyl groups is 1. The minimum Gasteiger partial charge on any atom is -0.391 e. The molecule has 0 amide bonds. The summed E-state index contributed by atoms with van der Waals surface area (Å²) in [7, 11) is -3.78. The molecule has 5 nitrogen and oxygen atoms in total. The number of alkyl halides is 3. The van der Waals surface area contributed by atoms with Crippen molar-refractivity contribution in [1.29, 1.82) is 0 Å². The van der Waals surface area contributed by atoms with E-state index in [4.69, 9.17) is 5.11 Å². The van der Waals surface area contributed by atoms with Crippen LogP contribution in [0.5, 0.6) is 0 Å². The van der Waals surface area contributed by atoms with Crippen molar-refractivity contribution in [3.63, 3.8) is 0 Å². The average Bonchev–Trinajstić information content (AvgIpc) is 2.76. The van der Waals surface area contributed by atoms with Gasteiger partial charge in [-0.1, -0.05) is 0 Å². The van der Waals surface area contributed by atoms with Gasteiger partial charge in [-0.2, -0.15) is 13.2 Å². The number of aliphatic hydroxyl groups excluding tert-OH is 1. The number of hydrogen-bond acceptors (Lipinski definition) is 5. The van der Waals surface area contributed by atoms with E-state index in [1.165, 1.54) is 11.4 Å². The molecule has 1 aromatic heterocycles. The van der Waals surface area contributed by atoms with E-state index in [0.717, 1.165) is 11.3 Å². The van der Waals surface area contributed by atoms with Gasteiger partial charge in [0.1, 0.15) is 6.61 Å². The van der Waals surface area contributed by atoms with E-state index in [1.807, 2.05) is 0 Å². The Hall–Kier alpha value is -0.680. The van der Waals surface area contributed by atoms with Crippen molar-refractivity contribution in [1.82, 2.24) is 4.72 Å². The van der Waals surface area contributed by atoms with E-state index < -0.39 is 22.8 Å². The summed E-state index contributed by atoms with van der Waals surface area (Å²) in [6.07, 6.45) is -4.43. The van der Waals surface area contributed by atoms with Crippen LogP contribution in [0, 0.1) is 0 Å². The summed E-state index contributed by atoms with van der Waals surface area (Å²) in [5, 5.41) is 10.1. The van der Waals surface area contributed by atoms with Crippen LogP contribution in [-0.2, 0) is 21.4 Å². The first-order valence-corrected chi connectivity index (χ1v) is 7.43. The Labute approximate surface area is 112 Å². The molecule has 110 valence electrons. The Morgan fingerprint density at radius 2 is 2.11 bits per heavy atom. The molecular formula is C9H12F3NO4S2. The first-order valence-electron chi connectivity index (χ1n) is 5.07. The van der Waals surface area contributed by atoms with Crippen molar-refractivity contribution in [2.24, 2.45) is 0 Å². The smallest absolute Gasteiger partial charge is 0.391 e. The highest BCUT2D eigenvalue weighted by Crippen LogP contribution is 2.19. The largest absolute Gasteiger partial charge is 0.411 e. The fourth-order valence-corrected chi connectivity index (χ4v) is 3.25. The third kappa shape index (κ3) is 5.87. The molecule has 10 heteroatoms. The summed E-state index contributed by atoms with van der Waals surface area (Å²) in [6, 6.07) is 1.30. The van der Waals surface area contributed by atoms with Crippen LogP contribution >= 0.6 is 11.3 Å². The lowest BCUT2D eigenvalue weighted by atomic mass is 10.5. The summed E-state index contributed by atoms with van der Waals surface area (Å²) in [4.78, 5) is 0.450. The monoisotopic (exact) mass is 319 g/mol. The lowest BCUT2D eigenvalue weighted by Gasteiger charge is -2.08. The Morgan fingerprint density at radius 3 is 2.63 bits per heavy atom. The standard InChI is InChI=1S/C9H12F3NO4S2/c10-9(11,12)6-17-2-1-13-19(15,16)8-3-7(4-14)18-5-8/h3,5,13-14H,1-2,4,6H2. The Morgan fingerprint density at radius 1 is 1.42 bits per heavy atom. The minimum atomic E-state index is -4.43. The molecule has 1 rings (SSSR count). The van der Waals surface area contributed by atoms with Crippen molar-refractivity contribution in [2.45, 2.75) is 17.7 Å². The molecule has 0 aliphatic rings. The molecule has 0 aromatic carbocycles. The second-order valence-electron chi connectivity index (χ2n) is 3.47. The predicted molar refractivity (Wildman–Crippen MR) is 62.3 cm³/mol. The van der Waals surface area contributed by atoms with E-state index in [2.05, 4.69) is 9.46 Å². The van der Waals surface area contributed by atoms with Crippen molar-refractivity contribution in [3.05, 3.63) is 16.3 Å². The van der Waals surface area contributed by atoms with E-state index in [1.54, 1.807) is 0 Å². The van der Waals surface area contributed by atoms with Crippen molar-refractivity contribution in [3.8, 4) is 0 Å². The summed E-state index contributed by atoms with van der Waals surface area (Å²) in [5.41, 5.74) is 0. The summed E-state index contributed by atoms with van der Waals surface area (Å²) in [6.45, 7) is -2.32. The van der Waals surface area contributed by atoms with E-state index in [-0.39, 0.29) is 24.7 Å². The number of sulfonamides is 1. The van der Waals surface area contributed by atoms with Crippen molar-refractivity contribution in [2.75, 3.05) is 19.8 Å². The van der Waals surface area contributed by atoms with Gasteiger partial charge in [0.15, 0.2) is 0 Å². The van der Waals surface area contributed by atoms with Crippen LogP contribution in [0.25, 0.3) is 0 Å². The molecule has 2 N–H and O–H groups in total. The maximum Gasteiger partial charge on any atom is 0.411 e. The SMILES string of the molecule is O=S(=O)(NCCOCC(F)(F)F)c1csc(CO)c1. The fraction of sp³-hybridized carbons (Fsp3) is 0.556. The van der Waals surface area contributed by atoms with Gasteiger partial charge in [-0.15, -0.1) is 11.3 Å². The third-order valence-corrected chi connectivity index (χ3v) is 4.41. The van der Waals surface area contributed by atoms with Crippen LogP contribution in [-0.4, -0.2) is 39.5 Å². The molecular weight excluding hydrogens is 307 g/mol. The van der Waals surface area contributed by atoms with Gasteiger partial charge in [0.2, 0.25) is 10.0 Å². The molecule has 1 aromatic rings. The average molecular weight is 319 g/mol. The number of rotatable bonds is 7. The molecule has 1 heterocycles.